The van der Waals surface area contributed by atoms with Gasteiger partial charge in [0, 0.05) is 10.2 Å². The third-order valence-corrected chi connectivity index (χ3v) is 2.85. The summed E-state index contributed by atoms with van der Waals surface area (Å²) in [6.45, 7) is 0.0661. The van der Waals surface area contributed by atoms with Gasteiger partial charge in [0.2, 0.25) is 5.91 Å². The molecule has 0 radical (unpaired) electrons. The van der Waals surface area contributed by atoms with E-state index in [-0.39, 0.29) is 18.1 Å². The second kappa shape index (κ2) is 6.63. The Kier molecular flexibility index (Phi) is 4.63. The van der Waals surface area contributed by atoms with Crippen LogP contribution < -0.4 is 10.6 Å². The van der Waals surface area contributed by atoms with Crippen LogP contribution in [-0.2, 0) is 4.79 Å². The molecule has 7 heteroatoms. The van der Waals surface area contributed by atoms with E-state index in [1.54, 1.807) is 12.1 Å². The maximum Gasteiger partial charge on any atom is 0.243 e. The number of carbonyl (C=O) groups is 1. The topological polar surface area (TPSA) is 90.7 Å². The normalized spacial score (nSPS) is 9.60. The molecule has 0 saturated heterocycles. The number of nitrogens with zero attached hydrogens (tertiary/aromatic N) is 3. The minimum atomic E-state index is -0.196. The molecule has 2 aromatic rings. The lowest BCUT2D eigenvalue weighted by Crippen LogP contribution is -2.22. The van der Waals surface area contributed by atoms with Crippen molar-refractivity contribution in [3.8, 4) is 6.07 Å². The second-order valence-electron chi connectivity index (χ2n) is 3.81. The number of rotatable bonds is 4. The van der Waals surface area contributed by atoms with Crippen LogP contribution in [0.2, 0.25) is 0 Å². The van der Waals surface area contributed by atoms with Gasteiger partial charge in [0.05, 0.1) is 18.9 Å². The molecule has 0 saturated carbocycles. The molecule has 0 spiro atoms. The standard InChI is InChI=1S/C13H10BrN5O/c14-9-1-3-10(4-2-9)19-13(20)8-18-12-7-16-11(5-15)6-17-12/h1-4,6-7H,8H2,(H,17,18)(H,19,20). The fraction of sp³-hybridized carbons (Fsp3) is 0.0769. The summed E-state index contributed by atoms with van der Waals surface area (Å²) in [7, 11) is 0. The van der Waals surface area contributed by atoms with Crippen molar-refractivity contribution in [2.45, 2.75) is 0 Å². The van der Waals surface area contributed by atoms with Crippen molar-refractivity contribution in [1.82, 2.24) is 9.97 Å². The number of halogens is 1. The lowest BCUT2D eigenvalue weighted by atomic mass is 10.3. The Morgan fingerprint density at radius 1 is 1.25 bits per heavy atom. The highest BCUT2D eigenvalue weighted by atomic mass is 79.9. The van der Waals surface area contributed by atoms with Crippen molar-refractivity contribution in [3.05, 3.63) is 46.8 Å². The fourth-order valence-electron chi connectivity index (χ4n) is 1.39. The van der Waals surface area contributed by atoms with Crippen LogP contribution in [0.25, 0.3) is 0 Å². The summed E-state index contributed by atoms with van der Waals surface area (Å²) in [5.74, 6) is 0.244. The molecule has 6 nitrogen and oxygen atoms in total. The molecular weight excluding hydrogens is 322 g/mol. The molecule has 0 aliphatic rings. The first-order valence-corrected chi connectivity index (χ1v) is 6.48. The molecular formula is C13H10BrN5O. The number of hydrogen-bond acceptors (Lipinski definition) is 5. The van der Waals surface area contributed by atoms with Gasteiger partial charge in [0.25, 0.3) is 0 Å². The van der Waals surface area contributed by atoms with Crippen LogP contribution in [0.15, 0.2) is 41.1 Å². The van der Waals surface area contributed by atoms with Crippen LogP contribution in [0.5, 0.6) is 0 Å². The van der Waals surface area contributed by atoms with Gasteiger partial charge in [-0.05, 0) is 24.3 Å². The van der Waals surface area contributed by atoms with Gasteiger partial charge in [-0.1, -0.05) is 15.9 Å². The molecule has 1 heterocycles. The van der Waals surface area contributed by atoms with Gasteiger partial charge in [-0.15, -0.1) is 0 Å². The largest absolute Gasteiger partial charge is 0.360 e. The lowest BCUT2D eigenvalue weighted by molar-refractivity contribution is -0.114. The lowest BCUT2D eigenvalue weighted by Gasteiger charge is -2.07. The van der Waals surface area contributed by atoms with E-state index in [9.17, 15) is 4.79 Å². The van der Waals surface area contributed by atoms with Gasteiger partial charge < -0.3 is 10.6 Å². The van der Waals surface area contributed by atoms with Crippen LogP contribution in [0.3, 0.4) is 0 Å². The first-order chi connectivity index (χ1) is 9.67. The van der Waals surface area contributed by atoms with Crippen LogP contribution in [0.1, 0.15) is 5.69 Å². The average Bonchev–Trinajstić information content (AvgIpc) is 2.48. The summed E-state index contributed by atoms with van der Waals surface area (Å²) in [6.07, 6.45) is 2.75. The summed E-state index contributed by atoms with van der Waals surface area (Å²) in [4.78, 5) is 19.5. The first-order valence-electron chi connectivity index (χ1n) is 5.69. The summed E-state index contributed by atoms with van der Waals surface area (Å²) in [6, 6.07) is 9.15. The van der Waals surface area contributed by atoms with Crippen molar-refractivity contribution >= 4 is 33.3 Å². The highest BCUT2D eigenvalue weighted by Gasteiger charge is 2.03. The SMILES string of the molecule is N#Cc1cnc(NCC(=O)Nc2ccc(Br)cc2)cn1. The van der Waals surface area contributed by atoms with Crippen molar-refractivity contribution in [1.29, 1.82) is 5.26 Å². The maximum absolute atomic E-state index is 11.7. The highest BCUT2D eigenvalue weighted by Crippen LogP contribution is 2.13. The molecule has 2 N–H and O–H groups in total. The zero-order chi connectivity index (χ0) is 14.4. The van der Waals surface area contributed by atoms with E-state index in [2.05, 4.69) is 36.5 Å². The third-order valence-electron chi connectivity index (χ3n) is 2.32. The molecule has 0 atom stereocenters. The zero-order valence-corrected chi connectivity index (χ0v) is 11.9. The predicted octanol–water partition coefficient (Wildman–Crippen LogP) is 2.16. The molecule has 0 aliphatic heterocycles. The number of aromatic nitrogens is 2. The minimum Gasteiger partial charge on any atom is -0.360 e. The van der Waals surface area contributed by atoms with Crippen LogP contribution in [-0.4, -0.2) is 22.4 Å². The van der Waals surface area contributed by atoms with Gasteiger partial charge in [0.15, 0.2) is 5.69 Å². The number of benzene rings is 1. The molecule has 100 valence electrons. The molecule has 0 unspecified atom stereocenters. The number of nitrogens with one attached hydrogen (secondary N) is 2. The van der Waals surface area contributed by atoms with Crippen molar-refractivity contribution in [3.63, 3.8) is 0 Å². The van der Waals surface area contributed by atoms with Gasteiger partial charge in [-0.2, -0.15) is 5.26 Å². The van der Waals surface area contributed by atoms with Crippen LogP contribution in [0, 0.1) is 11.3 Å². The smallest absolute Gasteiger partial charge is 0.243 e. The molecule has 0 fully saturated rings. The number of carbonyl (C=O) groups excluding carboxylic acids is 1. The Hall–Kier alpha value is -2.46. The van der Waals surface area contributed by atoms with Crippen molar-refractivity contribution in [2.75, 3.05) is 17.2 Å². The molecule has 0 aliphatic carbocycles. The number of nitriles is 1. The van der Waals surface area contributed by atoms with Gasteiger partial charge in [-0.25, -0.2) is 9.97 Å². The van der Waals surface area contributed by atoms with E-state index >= 15 is 0 Å². The fourth-order valence-corrected chi connectivity index (χ4v) is 1.65. The van der Waals surface area contributed by atoms with E-state index in [1.165, 1.54) is 12.4 Å². The van der Waals surface area contributed by atoms with E-state index in [4.69, 9.17) is 5.26 Å². The van der Waals surface area contributed by atoms with E-state index in [0.717, 1.165) is 4.47 Å². The molecule has 20 heavy (non-hydrogen) atoms. The summed E-state index contributed by atoms with van der Waals surface area (Å²) in [5, 5.41) is 14.2. The van der Waals surface area contributed by atoms with Gasteiger partial charge >= 0.3 is 0 Å². The Bertz CT molecular complexity index is 633. The van der Waals surface area contributed by atoms with E-state index in [0.29, 0.717) is 11.5 Å². The quantitative estimate of drug-likeness (QED) is 0.895. The molecule has 1 aromatic carbocycles. The maximum atomic E-state index is 11.7. The number of amides is 1. The highest BCUT2D eigenvalue weighted by molar-refractivity contribution is 9.10. The molecule has 2 rings (SSSR count). The minimum absolute atomic E-state index is 0.0661. The van der Waals surface area contributed by atoms with Crippen molar-refractivity contribution < 1.29 is 4.79 Å². The monoisotopic (exact) mass is 331 g/mol. The third kappa shape index (κ3) is 4.03. The van der Waals surface area contributed by atoms with Gasteiger partial charge in [0.1, 0.15) is 11.9 Å². The Labute approximate surface area is 124 Å². The second-order valence-corrected chi connectivity index (χ2v) is 4.72. The molecule has 0 bridgehead atoms. The Morgan fingerprint density at radius 2 is 2.00 bits per heavy atom. The Balaban J connectivity index is 1.85. The number of hydrogen-bond donors (Lipinski definition) is 2. The summed E-state index contributed by atoms with van der Waals surface area (Å²) >= 11 is 3.32. The van der Waals surface area contributed by atoms with E-state index in [1.807, 2.05) is 18.2 Å². The zero-order valence-electron chi connectivity index (χ0n) is 10.3. The van der Waals surface area contributed by atoms with Crippen LogP contribution in [0.4, 0.5) is 11.5 Å². The van der Waals surface area contributed by atoms with Gasteiger partial charge in [-0.3, -0.25) is 4.79 Å². The summed E-state index contributed by atoms with van der Waals surface area (Å²) < 4.78 is 0.946. The van der Waals surface area contributed by atoms with Crippen LogP contribution >= 0.6 is 15.9 Å². The van der Waals surface area contributed by atoms with E-state index < -0.39 is 0 Å². The summed E-state index contributed by atoms with van der Waals surface area (Å²) in [5.41, 5.74) is 0.945. The predicted molar refractivity (Wildman–Crippen MR) is 78.0 cm³/mol. The first kappa shape index (κ1) is 14.0. The Morgan fingerprint density at radius 3 is 2.60 bits per heavy atom. The molecule has 1 amide bonds. The van der Waals surface area contributed by atoms with Crippen molar-refractivity contribution in [2.24, 2.45) is 0 Å². The average molecular weight is 332 g/mol. The number of anilines is 2. The molecule has 1 aromatic heterocycles.